The Labute approximate surface area is 109 Å². The predicted octanol–water partition coefficient (Wildman–Crippen LogP) is 1.89. The van der Waals surface area contributed by atoms with Gasteiger partial charge in [0, 0.05) is 10.0 Å². The number of ether oxygens (including phenoxy) is 2. The van der Waals surface area contributed by atoms with Gasteiger partial charge in [0.15, 0.2) is 0 Å². The van der Waals surface area contributed by atoms with Crippen molar-refractivity contribution in [1.29, 1.82) is 0 Å². The molecule has 1 rings (SSSR count). The van der Waals surface area contributed by atoms with Gasteiger partial charge in [0.25, 0.3) is 0 Å². The van der Waals surface area contributed by atoms with Gasteiger partial charge < -0.3 is 19.7 Å². The lowest BCUT2D eigenvalue weighted by Crippen LogP contribution is -2.10. The largest absolute Gasteiger partial charge is 0.491 e. The van der Waals surface area contributed by atoms with Crippen LogP contribution in [-0.2, 0) is 4.74 Å². The summed E-state index contributed by atoms with van der Waals surface area (Å²) in [6, 6.07) is 5.49. The predicted molar refractivity (Wildman–Crippen MR) is 68.2 cm³/mol. The minimum Gasteiger partial charge on any atom is -0.491 e. The molecule has 0 heterocycles. The summed E-state index contributed by atoms with van der Waals surface area (Å²) >= 11 is 3.35. The van der Waals surface area contributed by atoms with Gasteiger partial charge in [0.05, 0.1) is 25.9 Å². The van der Waals surface area contributed by atoms with Gasteiger partial charge in [0.2, 0.25) is 0 Å². The first-order chi connectivity index (χ1) is 8.15. The standard InChI is InChI=1S/C12H17BrO4/c1-9(15)11-8-10(13)2-3-12(11)17-7-6-16-5-4-14/h2-3,8-9,14-15H,4-7H2,1H3. The van der Waals surface area contributed by atoms with Crippen molar-refractivity contribution < 1.29 is 19.7 Å². The zero-order valence-electron chi connectivity index (χ0n) is 9.73. The highest BCUT2D eigenvalue weighted by atomic mass is 79.9. The molecule has 0 aliphatic carbocycles. The second kappa shape index (κ2) is 7.66. The van der Waals surface area contributed by atoms with Gasteiger partial charge in [-0.15, -0.1) is 0 Å². The van der Waals surface area contributed by atoms with Crippen LogP contribution in [0, 0.1) is 0 Å². The molecule has 17 heavy (non-hydrogen) atoms. The fourth-order valence-corrected chi connectivity index (χ4v) is 1.73. The van der Waals surface area contributed by atoms with Gasteiger partial charge in [-0.25, -0.2) is 0 Å². The molecule has 2 N–H and O–H groups in total. The van der Waals surface area contributed by atoms with Crippen LogP contribution in [0.15, 0.2) is 22.7 Å². The van der Waals surface area contributed by atoms with Crippen molar-refractivity contribution >= 4 is 15.9 Å². The van der Waals surface area contributed by atoms with Crippen LogP contribution in [0.4, 0.5) is 0 Å². The van der Waals surface area contributed by atoms with E-state index in [9.17, 15) is 5.11 Å². The minimum atomic E-state index is -0.583. The Hall–Kier alpha value is -0.620. The Morgan fingerprint density at radius 3 is 2.71 bits per heavy atom. The van der Waals surface area contributed by atoms with Crippen molar-refractivity contribution in [2.45, 2.75) is 13.0 Å². The van der Waals surface area contributed by atoms with E-state index in [1.54, 1.807) is 13.0 Å². The fourth-order valence-electron chi connectivity index (χ4n) is 1.35. The maximum atomic E-state index is 9.60. The molecule has 0 fully saturated rings. The third-order valence-electron chi connectivity index (χ3n) is 2.14. The van der Waals surface area contributed by atoms with Crippen LogP contribution in [0.2, 0.25) is 0 Å². The van der Waals surface area contributed by atoms with Crippen LogP contribution < -0.4 is 4.74 Å². The molecular weight excluding hydrogens is 288 g/mol. The number of aliphatic hydroxyl groups is 2. The number of halogens is 1. The Balaban J connectivity index is 2.52. The zero-order valence-corrected chi connectivity index (χ0v) is 11.3. The summed E-state index contributed by atoms with van der Waals surface area (Å²) < 4.78 is 11.5. The quantitative estimate of drug-likeness (QED) is 0.755. The minimum absolute atomic E-state index is 0.0111. The first-order valence-corrected chi connectivity index (χ1v) is 6.23. The highest BCUT2D eigenvalue weighted by molar-refractivity contribution is 9.10. The van der Waals surface area contributed by atoms with E-state index in [-0.39, 0.29) is 6.61 Å². The van der Waals surface area contributed by atoms with E-state index < -0.39 is 6.10 Å². The molecule has 1 unspecified atom stereocenters. The monoisotopic (exact) mass is 304 g/mol. The third kappa shape index (κ3) is 5.04. The van der Waals surface area contributed by atoms with E-state index in [0.29, 0.717) is 25.6 Å². The van der Waals surface area contributed by atoms with Gasteiger partial charge >= 0.3 is 0 Å². The first kappa shape index (κ1) is 14.4. The van der Waals surface area contributed by atoms with Crippen molar-refractivity contribution in [2.75, 3.05) is 26.4 Å². The zero-order chi connectivity index (χ0) is 12.7. The van der Waals surface area contributed by atoms with Gasteiger partial charge in [-0.05, 0) is 25.1 Å². The molecule has 1 atom stereocenters. The number of hydrogen-bond donors (Lipinski definition) is 2. The Bertz CT molecular complexity index is 341. The molecule has 0 aliphatic heterocycles. The van der Waals surface area contributed by atoms with Crippen molar-refractivity contribution in [3.05, 3.63) is 28.2 Å². The Morgan fingerprint density at radius 2 is 2.06 bits per heavy atom. The fraction of sp³-hybridized carbons (Fsp3) is 0.500. The van der Waals surface area contributed by atoms with Crippen molar-refractivity contribution in [1.82, 2.24) is 0 Å². The van der Waals surface area contributed by atoms with Crippen LogP contribution in [-0.4, -0.2) is 36.6 Å². The number of rotatable bonds is 7. The van der Waals surface area contributed by atoms with Crippen LogP contribution in [0.1, 0.15) is 18.6 Å². The van der Waals surface area contributed by atoms with Crippen LogP contribution in [0.25, 0.3) is 0 Å². The number of aliphatic hydroxyl groups excluding tert-OH is 2. The second-order valence-electron chi connectivity index (χ2n) is 3.54. The summed E-state index contributed by atoms with van der Waals surface area (Å²) in [7, 11) is 0. The van der Waals surface area contributed by atoms with Crippen molar-refractivity contribution in [3.8, 4) is 5.75 Å². The first-order valence-electron chi connectivity index (χ1n) is 5.44. The van der Waals surface area contributed by atoms with Crippen molar-refractivity contribution in [3.63, 3.8) is 0 Å². The highest BCUT2D eigenvalue weighted by Gasteiger charge is 2.09. The van der Waals surface area contributed by atoms with Crippen LogP contribution in [0.3, 0.4) is 0 Å². The SMILES string of the molecule is CC(O)c1cc(Br)ccc1OCCOCCO. The van der Waals surface area contributed by atoms with E-state index >= 15 is 0 Å². The molecule has 96 valence electrons. The average Bonchev–Trinajstić information content (AvgIpc) is 2.30. The second-order valence-corrected chi connectivity index (χ2v) is 4.46. The van der Waals surface area contributed by atoms with Gasteiger partial charge in [-0.1, -0.05) is 15.9 Å². The van der Waals surface area contributed by atoms with E-state index in [1.807, 2.05) is 12.1 Å². The van der Waals surface area contributed by atoms with Gasteiger partial charge in [-0.3, -0.25) is 0 Å². The molecular formula is C12H17BrO4. The van der Waals surface area contributed by atoms with Crippen LogP contribution in [0.5, 0.6) is 5.75 Å². The molecule has 0 aliphatic rings. The average molecular weight is 305 g/mol. The summed E-state index contributed by atoms with van der Waals surface area (Å²) in [6.07, 6.45) is -0.583. The van der Waals surface area contributed by atoms with E-state index in [0.717, 1.165) is 10.0 Å². The normalized spacial score (nSPS) is 12.5. The molecule has 5 heteroatoms. The topological polar surface area (TPSA) is 58.9 Å². The molecule has 0 saturated carbocycles. The molecule has 0 saturated heterocycles. The molecule has 4 nitrogen and oxygen atoms in total. The van der Waals surface area contributed by atoms with Crippen LogP contribution >= 0.6 is 15.9 Å². The molecule has 0 bridgehead atoms. The van der Waals surface area contributed by atoms with Gasteiger partial charge in [-0.2, -0.15) is 0 Å². The van der Waals surface area contributed by atoms with E-state index in [4.69, 9.17) is 14.6 Å². The number of benzene rings is 1. The van der Waals surface area contributed by atoms with Crippen molar-refractivity contribution in [2.24, 2.45) is 0 Å². The summed E-state index contributed by atoms with van der Waals surface area (Å²) in [6.45, 7) is 2.82. The molecule has 1 aromatic rings. The smallest absolute Gasteiger partial charge is 0.125 e. The third-order valence-corrected chi connectivity index (χ3v) is 2.64. The molecule has 0 spiro atoms. The maximum Gasteiger partial charge on any atom is 0.125 e. The number of hydrogen-bond acceptors (Lipinski definition) is 4. The summed E-state index contributed by atoms with van der Waals surface area (Å²) in [5, 5.41) is 18.1. The van der Waals surface area contributed by atoms with E-state index in [2.05, 4.69) is 15.9 Å². The molecule has 0 amide bonds. The van der Waals surface area contributed by atoms with Gasteiger partial charge in [0.1, 0.15) is 12.4 Å². The Morgan fingerprint density at radius 1 is 1.29 bits per heavy atom. The lowest BCUT2D eigenvalue weighted by Gasteiger charge is -2.13. The van der Waals surface area contributed by atoms with E-state index in [1.165, 1.54) is 0 Å². The molecule has 0 aromatic heterocycles. The summed E-state index contributed by atoms with van der Waals surface area (Å²) in [5.74, 6) is 0.649. The lowest BCUT2D eigenvalue weighted by molar-refractivity contribution is 0.0695. The molecule has 1 aromatic carbocycles. The Kier molecular flexibility index (Phi) is 6.50. The highest BCUT2D eigenvalue weighted by Crippen LogP contribution is 2.28. The summed E-state index contributed by atoms with van der Waals surface area (Å²) in [5.41, 5.74) is 0.738. The lowest BCUT2D eigenvalue weighted by atomic mass is 10.1. The maximum absolute atomic E-state index is 9.60. The summed E-state index contributed by atoms with van der Waals surface area (Å²) in [4.78, 5) is 0. The molecule has 0 radical (unpaired) electrons.